The predicted molar refractivity (Wildman–Crippen MR) is 235 cm³/mol. The Balaban J connectivity index is 0.836. The molecule has 1 aliphatic heterocycles. The number of aliphatic imine (C=N–C) groups is 1. The smallest absolute Gasteiger partial charge is 0.462 e. The molecule has 2 heterocycles. The van der Waals surface area contributed by atoms with Crippen LogP contribution in [0, 0.1) is 46.3 Å². The van der Waals surface area contributed by atoms with Crippen LogP contribution >= 0.6 is 0 Å². The molecule has 0 spiro atoms. The molecule has 0 aromatic carbocycles. The number of hydrogen-bond acceptors (Lipinski definition) is 3. The second kappa shape index (κ2) is 19.8. The minimum absolute atomic E-state index is 0.00155. The summed E-state index contributed by atoms with van der Waals surface area (Å²) in [5.41, 5.74) is 6.32. The van der Waals surface area contributed by atoms with Gasteiger partial charge in [-0.3, -0.25) is 18.4 Å². The molecule has 6 rings (SSSR count). The molecule has 0 radical (unpaired) electrons. The number of hydrogen-bond donors (Lipinski definition) is 0. The predicted octanol–water partition coefficient (Wildman–Crippen LogP) is 14.4. The third-order valence-electron chi connectivity index (χ3n) is 16.0. The van der Waals surface area contributed by atoms with Crippen molar-refractivity contribution in [2.24, 2.45) is 51.3 Å². The Kier molecular flexibility index (Phi) is 15.3. The summed E-state index contributed by atoms with van der Waals surface area (Å²) in [5.74, 6) is 5.09. The molecule has 8 unspecified atom stereocenters. The van der Waals surface area contributed by atoms with Crippen LogP contribution in [-0.2, 0) is 16.0 Å². The lowest BCUT2D eigenvalue weighted by Gasteiger charge is -2.58. The molecule has 1 aromatic rings. The molecule has 5 aliphatic rings. The minimum Gasteiger partial charge on any atom is -0.462 e. The van der Waals surface area contributed by atoms with Gasteiger partial charge in [0.05, 0.1) is 5.70 Å². The molecule has 0 bridgehead atoms. The number of ether oxygens (including phenoxy) is 1. The minimum atomic E-state index is -2.56. The molecular weight excluding hydrogens is 709 g/mol. The van der Waals surface area contributed by atoms with Crippen LogP contribution in [0.5, 0.6) is 0 Å². The van der Waals surface area contributed by atoms with Gasteiger partial charge in [0.25, 0.3) is 0 Å². The number of nitrogens with zero attached hydrogens (tertiary/aromatic N) is 2. The van der Waals surface area contributed by atoms with Crippen LogP contribution < -0.4 is 0 Å². The highest BCUT2D eigenvalue weighted by molar-refractivity contribution is 6.41. The lowest BCUT2D eigenvalue weighted by Crippen LogP contribution is -2.51. The van der Waals surface area contributed by atoms with Crippen molar-refractivity contribution in [1.82, 2.24) is 4.48 Å². The van der Waals surface area contributed by atoms with E-state index in [4.69, 9.17) is 4.74 Å². The number of carbonyl (C=O) groups is 1. The van der Waals surface area contributed by atoms with Crippen LogP contribution in [0.1, 0.15) is 195 Å². The molecule has 7 heteroatoms. The van der Waals surface area contributed by atoms with Crippen LogP contribution in [0.2, 0.25) is 0 Å². The Hall–Kier alpha value is -2.44. The van der Waals surface area contributed by atoms with Crippen LogP contribution in [0.15, 0.2) is 46.1 Å². The van der Waals surface area contributed by atoms with Gasteiger partial charge in [-0.05, 0) is 154 Å². The van der Waals surface area contributed by atoms with Crippen molar-refractivity contribution in [3.63, 3.8) is 0 Å². The number of fused-ring (bicyclic) bond motifs is 5. The Morgan fingerprint density at radius 1 is 0.912 bits per heavy atom. The van der Waals surface area contributed by atoms with E-state index < -0.39 is 7.40 Å². The largest absolute Gasteiger partial charge is 0.677 e. The van der Waals surface area contributed by atoms with Gasteiger partial charge in [0.15, 0.2) is 0 Å². The molecule has 0 amide bonds. The number of aryl methyl sites for hydroxylation is 1. The topological polar surface area (TPSA) is 43.6 Å². The van der Waals surface area contributed by atoms with Crippen molar-refractivity contribution in [3.05, 3.63) is 52.5 Å². The van der Waals surface area contributed by atoms with Gasteiger partial charge in [-0.25, -0.2) is 0 Å². The first kappa shape index (κ1) is 44.1. The van der Waals surface area contributed by atoms with Crippen LogP contribution in [-0.4, -0.2) is 29.7 Å². The molecule has 0 N–H and O–H groups in total. The van der Waals surface area contributed by atoms with E-state index in [0.29, 0.717) is 29.6 Å². The summed E-state index contributed by atoms with van der Waals surface area (Å²) >= 11 is 0. The Morgan fingerprint density at radius 2 is 1.63 bits per heavy atom. The van der Waals surface area contributed by atoms with E-state index in [2.05, 4.69) is 45.7 Å². The van der Waals surface area contributed by atoms with E-state index >= 15 is 0 Å². The van der Waals surface area contributed by atoms with Crippen LogP contribution in [0.25, 0.3) is 6.08 Å². The fourth-order valence-electron chi connectivity index (χ4n) is 12.9. The van der Waals surface area contributed by atoms with E-state index in [9.17, 15) is 13.4 Å². The zero-order valence-corrected chi connectivity index (χ0v) is 37.0. The molecule has 4 aliphatic carbocycles. The maximum Gasteiger partial charge on any atom is 0.677 e. The van der Waals surface area contributed by atoms with E-state index in [1.807, 2.05) is 26.0 Å². The average molecular weight is 787 g/mol. The zero-order valence-electron chi connectivity index (χ0n) is 37.0. The normalized spacial score (nSPS) is 30.7. The molecule has 3 fully saturated rings. The summed E-state index contributed by atoms with van der Waals surface area (Å²) in [6.45, 7) is 16.5. The molecule has 316 valence electrons. The average Bonchev–Trinajstić information content (AvgIpc) is 3.83. The van der Waals surface area contributed by atoms with Crippen molar-refractivity contribution in [2.75, 3.05) is 0 Å². The molecular formula is C50H77BF2N2O2. The standard InChI is InChI=1S/C50H77BF2N2O2/c1-35(2)18-17-19-36(3)44-26-27-45-43-25-22-39-33-42(28-30-49(39,6)46(43)29-31-50(44,45)7)57-48(56)21-16-14-12-10-8-9-11-13-15-20-40-23-24-41(55(40)51(52)53)34-47-37(4)32-38(5)54-47/h22-24,32,34-36,42-46H,8-21,25-31,33H2,1-7H3/b47-34-. The van der Waals surface area contributed by atoms with Crippen molar-refractivity contribution < 1.29 is 18.2 Å². The summed E-state index contributed by atoms with van der Waals surface area (Å²) < 4.78 is 35.3. The van der Waals surface area contributed by atoms with Gasteiger partial charge < -0.3 is 9.21 Å². The van der Waals surface area contributed by atoms with E-state index in [0.717, 1.165) is 108 Å². The third-order valence-corrected chi connectivity index (χ3v) is 16.0. The fourth-order valence-corrected chi connectivity index (χ4v) is 12.9. The van der Waals surface area contributed by atoms with Gasteiger partial charge in [0.1, 0.15) is 6.10 Å². The lowest BCUT2D eigenvalue weighted by molar-refractivity contribution is -0.151. The lowest BCUT2D eigenvalue weighted by atomic mass is 9.47. The molecule has 1 aromatic heterocycles. The highest BCUT2D eigenvalue weighted by Crippen LogP contribution is 2.67. The maximum absolute atomic E-state index is 14.0. The first-order chi connectivity index (χ1) is 27.3. The van der Waals surface area contributed by atoms with Crippen LogP contribution in [0.4, 0.5) is 8.63 Å². The maximum atomic E-state index is 14.0. The molecule has 4 nitrogen and oxygen atoms in total. The van der Waals surface area contributed by atoms with Gasteiger partial charge in [0, 0.05) is 29.9 Å². The molecule has 8 atom stereocenters. The second-order valence-electron chi connectivity index (χ2n) is 20.3. The summed E-state index contributed by atoms with van der Waals surface area (Å²) in [7, 11) is -2.56. The van der Waals surface area contributed by atoms with E-state index in [-0.39, 0.29) is 17.5 Å². The van der Waals surface area contributed by atoms with Crippen molar-refractivity contribution >= 4 is 25.2 Å². The van der Waals surface area contributed by atoms with Crippen molar-refractivity contribution in [3.8, 4) is 0 Å². The number of rotatable bonds is 20. The number of halogens is 2. The van der Waals surface area contributed by atoms with Gasteiger partial charge in [-0.2, -0.15) is 0 Å². The van der Waals surface area contributed by atoms with Gasteiger partial charge >= 0.3 is 13.4 Å². The molecule has 3 saturated carbocycles. The first-order valence-corrected chi connectivity index (χ1v) is 23.6. The van der Waals surface area contributed by atoms with Gasteiger partial charge in [-0.15, -0.1) is 0 Å². The van der Waals surface area contributed by atoms with Crippen molar-refractivity contribution in [1.29, 1.82) is 0 Å². The second-order valence-corrected chi connectivity index (χ2v) is 20.3. The first-order valence-electron chi connectivity index (χ1n) is 23.6. The quantitative estimate of drug-likeness (QED) is 0.0572. The van der Waals surface area contributed by atoms with Gasteiger partial charge in [-0.1, -0.05) is 110 Å². The number of unbranched alkanes of at least 4 members (excludes halogenated alkanes) is 8. The third kappa shape index (κ3) is 10.5. The Bertz CT molecular complexity index is 1640. The Labute approximate surface area is 346 Å². The number of aromatic nitrogens is 1. The molecule has 0 saturated heterocycles. The number of carbonyl (C=O) groups excluding carboxylic acids is 1. The zero-order chi connectivity index (χ0) is 40.7. The SMILES string of the molecule is CC1=CC(C)=N/C1=C\c1ccc(CCCCCCCCCCCC(=O)OC2CCC3(C)C(=CCC4C3CCC3(C)C(C(C)CCCC(C)C)CCC43)C2)n1B(F)F. The van der Waals surface area contributed by atoms with E-state index in [1.165, 1.54) is 77.0 Å². The summed E-state index contributed by atoms with van der Waals surface area (Å²) in [4.78, 5) is 17.4. The Morgan fingerprint density at radius 3 is 2.32 bits per heavy atom. The molecule has 57 heavy (non-hydrogen) atoms. The highest BCUT2D eigenvalue weighted by Gasteiger charge is 2.59. The highest BCUT2D eigenvalue weighted by atomic mass is 19.2. The summed E-state index contributed by atoms with van der Waals surface area (Å²) in [6, 6.07) is 3.64. The van der Waals surface area contributed by atoms with Gasteiger partial charge in [0.2, 0.25) is 0 Å². The van der Waals surface area contributed by atoms with Crippen LogP contribution in [0.3, 0.4) is 0 Å². The van der Waals surface area contributed by atoms with Crippen molar-refractivity contribution in [2.45, 2.75) is 196 Å². The number of esters is 1. The number of allylic oxidation sites excluding steroid dienone is 3. The fraction of sp³-hybridized carbons (Fsp3) is 0.760. The van der Waals surface area contributed by atoms with E-state index in [1.54, 1.807) is 17.7 Å². The summed E-state index contributed by atoms with van der Waals surface area (Å²) in [6.07, 6.45) is 31.7. The monoisotopic (exact) mass is 787 g/mol. The summed E-state index contributed by atoms with van der Waals surface area (Å²) in [5, 5.41) is 0.